The molecule has 0 aliphatic heterocycles. The number of amides is 1. The van der Waals surface area contributed by atoms with Crippen molar-refractivity contribution in [2.24, 2.45) is 0 Å². The van der Waals surface area contributed by atoms with Crippen molar-refractivity contribution in [1.29, 1.82) is 0 Å². The number of hydrogen-bond donors (Lipinski definition) is 1. The monoisotopic (exact) mass is 285 g/mol. The molecule has 0 aromatic heterocycles. The van der Waals surface area contributed by atoms with Crippen molar-refractivity contribution in [2.45, 2.75) is 12.6 Å². The minimum Gasteiger partial charge on any atom is -0.508 e. The van der Waals surface area contributed by atoms with Crippen molar-refractivity contribution in [3.05, 3.63) is 65.7 Å². The Bertz CT molecular complexity index is 581. The smallest absolute Gasteiger partial charge is 0.256 e. The lowest BCUT2D eigenvalue weighted by atomic mass is 10.1. The molecule has 0 spiro atoms. The van der Waals surface area contributed by atoms with E-state index in [4.69, 9.17) is 4.74 Å². The second kappa shape index (κ2) is 6.90. The number of phenols is 1. The quantitative estimate of drug-likeness (QED) is 0.919. The van der Waals surface area contributed by atoms with Gasteiger partial charge in [0.25, 0.3) is 5.91 Å². The van der Waals surface area contributed by atoms with Gasteiger partial charge < -0.3 is 14.7 Å². The van der Waals surface area contributed by atoms with Gasteiger partial charge in [0.15, 0.2) is 6.10 Å². The van der Waals surface area contributed by atoms with Crippen LogP contribution in [0.2, 0.25) is 0 Å². The molecule has 4 heteroatoms. The lowest BCUT2D eigenvalue weighted by molar-refractivity contribution is -0.141. The number of hydrogen-bond acceptors (Lipinski definition) is 3. The molecule has 1 amide bonds. The van der Waals surface area contributed by atoms with E-state index in [1.54, 1.807) is 36.2 Å². The van der Waals surface area contributed by atoms with Crippen LogP contribution in [0.4, 0.5) is 0 Å². The second-order valence-electron chi connectivity index (χ2n) is 4.89. The van der Waals surface area contributed by atoms with Gasteiger partial charge in [-0.15, -0.1) is 0 Å². The predicted octanol–water partition coefficient (Wildman–Crippen LogP) is 2.74. The summed E-state index contributed by atoms with van der Waals surface area (Å²) >= 11 is 0. The zero-order chi connectivity index (χ0) is 15.2. The molecule has 2 rings (SSSR count). The molecule has 0 bridgehead atoms. The van der Waals surface area contributed by atoms with Gasteiger partial charge in [-0.05, 0) is 23.3 Å². The number of carbonyl (C=O) groups excluding carboxylic acids is 1. The van der Waals surface area contributed by atoms with Crippen molar-refractivity contribution in [3.63, 3.8) is 0 Å². The highest BCUT2D eigenvalue weighted by Crippen LogP contribution is 2.20. The maximum absolute atomic E-state index is 12.5. The van der Waals surface area contributed by atoms with Crippen molar-refractivity contribution >= 4 is 5.91 Å². The van der Waals surface area contributed by atoms with Gasteiger partial charge in [0.1, 0.15) is 5.75 Å². The molecule has 0 aliphatic carbocycles. The van der Waals surface area contributed by atoms with E-state index in [0.29, 0.717) is 6.54 Å². The lowest BCUT2D eigenvalue weighted by Crippen LogP contribution is -2.32. The van der Waals surface area contributed by atoms with E-state index in [0.717, 1.165) is 11.1 Å². The first-order chi connectivity index (χ1) is 10.1. The molecule has 0 radical (unpaired) electrons. The van der Waals surface area contributed by atoms with Gasteiger partial charge >= 0.3 is 0 Å². The van der Waals surface area contributed by atoms with Crippen LogP contribution in [0.15, 0.2) is 54.6 Å². The van der Waals surface area contributed by atoms with E-state index in [-0.39, 0.29) is 11.7 Å². The van der Waals surface area contributed by atoms with Gasteiger partial charge in [-0.1, -0.05) is 42.5 Å². The number of likely N-dealkylation sites (N-methyl/N-ethyl adjacent to an activating group) is 1. The molecule has 1 atom stereocenters. The minimum absolute atomic E-state index is 0.100. The fourth-order valence-corrected chi connectivity index (χ4v) is 2.16. The van der Waals surface area contributed by atoms with Crippen LogP contribution in [-0.4, -0.2) is 30.1 Å². The van der Waals surface area contributed by atoms with Gasteiger partial charge in [0.2, 0.25) is 0 Å². The molecule has 0 heterocycles. The largest absolute Gasteiger partial charge is 0.508 e. The van der Waals surface area contributed by atoms with Crippen LogP contribution in [0.1, 0.15) is 17.2 Å². The Balaban J connectivity index is 2.08. The highest BCUT2D eigenvalue weighted by atomic mass is 16.5. The minimum atomic E-state index is -0.603. The number of benzene rings is 2. The number of rotatable bonds is 5. The molecule has 110 valence electrons. The van der Waals surface area contributed by atoms with Gasteiger partial charge in [-0.3, -0.25) is 4.79 Å². The maximum Gasteiger partial charge on any atom is 0.256 e. The highest BCUT2D eigenvalue weighted by molar-refractivity contribution is 5.82. The van der Waals surface area contributed by atoms with E-state index >= 15 is 0 Å². The molecule has 2 aromatic carbocycles. The third kappa shape index (κ3) is 3.83. The van der Waals surface area contributed by atoms with Crippen LogP contribution in [0.5, 0.6) is 5.75 Å². The van der Waals surface area contributed by atoms with E-state index in [2.05, 4.69) is 0 Å². The van der Waals surface area contributed by atoms with Crippen molar-refractivity contribution in [1.82, 2.24) is 4.90 Å². The van der Waals surface area contributed by atoms with Gasteiger partial charge in [-0.2, -0.15) is 0 Å². The standard InChI is InChI=1S/C17H19NO3/c1-18(12-13-8-10-15(19)11-9-13)17(20)16(21-2)14-6-4-3-5-7-14/h3-11,16,19H,12H2,1-2H3. The fourth-order valence-electron chi connectivity index (χ4n) is 2.16. The number of aromatic hydroxyl groups is 1. The first-order valence-electron chi connectivity index (χ1n) is 6.72. The second-order valence-corrected chi connectivity index (χ2v) is 4.89. The van der Waals surface area contributed by atoms with Gasteiger partial charge in [0, 0.05) is 20.7 Å². The van der Waals surface area contributed by atoms with E-state index < -0.39 is 6.10 Å². The third-order valence-corrected chi connectivity index (χ3v) is 3.29. The summed E-state index contributed by atoms with van der Waals surface area (Å²) in [6.07, 6.45) is -0.603. The zero-order valence-corrected chi connectivity index (χ0v) is 12.2. The molecular formula is C17H19NO3. The average Bonchev–Trinajstić information content (AvgIpc) is 2.51. The van der Waals surface area contributed by atoms with Crippen molar-refractivity contribution in [3.8, 4) is 5.75 Å². The predicted molar refractivity (Wildman–Crippen MR) is 80.8 cm³/mol. The topological polar surface area (TPSA) is 49.8 Å². The van der Waals surface area contributed by atoms with Crippen LogP contribution in [0, 0.1) is 0 Å². The molecule has 2 aromatic rings. The Morgan fingerprint density at radius 1 is 1.14 bits per heavy atom. The Morgan fingerprint density at radius 3 is 2.33 bits per heavy atom. The number of ether oxygens (including phenoxy) is 1. The molecule has 0 aliphatic rings. The number of phenolic OH excluding ortho intramolecular Hbond substituents is 1. The molecule has 4 nitrogen and oxygen atoms in total. The number of methoxy groups -OCH3 is 1. The summed E-state index contributed by atoms with van der Waals surface area (Å²) in [5.74, 6) is 0.114. The first-order valence-corrected chi connectivity index (χ1v) is 6.72. The summed E-state index contributed by atoms with van der Waals surface area (Å²) in [7, 11) is 3.27. The van der Waals surface area contributed by atoms with E-state index in [9.17, 15) is 9.90 Å². The van der Waals surface area contributed by atoms with Crippen molar-refractivity contribution < 1.29 is 14.6 Å². The summed E-state index contributed by atoms with van der Waals surface area (Å²) in [5, 5.41) is 9.27. The summed E-state index contributed by atoms with van der Waals surface area (Å²) in [5.41, 5.74) is 1.79. The summed E-state index contributed by atoms with van der Waals surface area (Å²) < 4.78 is 5.34. The van der Waals surface area contributed by atoms with Crippen LogP contribution in [0.3, 0.4) is 0 Å². The first kappa shape index (κ1) is 15.1. The molecular weight excluding hydrogens is 266 g/mol. The summed E-state index contributed by atoms with van der Waals surface area (Å²) in [4.78, 5) is 14.1. The van der Waals surface area contributed by atoms with Crippen LogP contribution < -0.4 is 0 Å². The third-order valence-electron chi connectivity index (χ3n) is 3.29. The number of carbonyl (C=O) groups is 1. The molecule has 21 heavy (non-hydrogen) atoms. The average molecular weight is 285 g/mol. The summed E-state index contributed by atoms with van der Waals surface area (Å²) in [6.45, 7) is 0.464. The molecule has 1 unspecified atom stereocenters. The molecule has 0 fully saturated rings. The SMILES string of the molecule is COC(C(=O)N(C)Cc1ccc(O)cc1)c1ccccc1. The van der Waals surface area contributed by atoms with Gasteiger partial charge in [-0.25, -0.2) is 0 Å². The van der Waals surface area contributed by atoms with Crippen LogP contribution >= 0.6 is 0 Å². The fraction of sp³-hybridized carbons (Fsp3) is 0.235. The Morgan fingerprint density at radius 2 is 1.76 bits per heavy atom. The Kier molecular flexibility index (Phi) is 4.95. The van der Waals surface area contributed by atoms with Gasteiger partial charge in [0.05, 0.1) is 0 Å². The number of nitrogens with zero attached hydrogens (tertiary/aromatic N) is 1. The van der Waals surface area contributed by atoms with Crippen molar-refractivity contribution in [2.75, 3.05) is 14.2 Å². The lowest BCUT2D eigenvalue weighted by Gasteiger charge is -2.23. The Labute approximate surface area is 124 Å². The van der Waals surface area contributed by atoms with Crippen LogP contribution in [0.25, 0.3) is 0 Å². The van der Waals surface area contributed by atoms with Crippen LogP contribution in [-0.2, 0) is 16.1 Å². The normalized spacial score (nSPS) is 11.9. The highest BCUT2D eigenvalue weighted by Gasteiger charge is 2.23. The van der Waals surface area contributed by atoms with E-state index in [1.165, 1.54) is 7.11 Å². The molecule has 1 N–H and O–H groups in total. The maximum atomic E-state index is 12.5. The summed E-state index contributed by atoms with van der Waals surface area (Å²) in [6, 6.07) is 16.2. The molecule has 0 saturated heterocycles. The molecule has 0 saturated carbocycles. The Hall–Kier alpha value is -2.33. The van der Waals surface area contributed by atoms with E-state index in [1.807, 2.05) is 30.3 Å². The zero-order valence-electron chi connectivity index (χ0n) is 12.2.